The van der Waals surface area contributed by atoms with Gasteiger partial charge < -0.3 is 9.47 Å². The molecule has 0 aliphatic carbocycles. The van der Waals surface area contributed by atoms with Crippen LogP contribution in [0.25, 0.3) is 4.96 Å². The van der Waals surface area contributed by atoms with Gasteiger partial charge in [-0.3, -0.25) is 9.59 Å². The number of carbonyl (C=O) groups excluding carboxylic acids is 1. The third kappa shape index (κ3) is 3.59. The van der Waals surface area contributed by atoms with Gasteiger partial charge in [-0.05, 0) is 31.2 Å². The van der Waals surface area contributed by atoms with E-state index in [1.165, 1.54) is 53.2 Å². The Morgan fingerprint density at radius 2 is 2.04 bits per heavy atom. The van der Waals surface area contributed by atoms with Crippen LogP contribution >= 0.6 is 11.3 Å². The summed E-state index contributed by atoms with van der Waals surface area (Å²) in [6.45, 7) is 1.72. The van der Waals surface area contributed by atoms with Gasteiger partial charge in [0.25, 0.3) is 5.56 Å². The number of nitrogens with zero attached hydrogens (tertiary/aromatic N) is 2. The van der Waals surface area contributed by atoms with Crippen LogP contribution in [0.5, 0.6) is 5.75 Å². The Morgan fingerprint density at radius 3 is 2.72 bits per heavy atom. The van der Waals surface area contributed by atoms with Crippen molar-refractivity contribution in [3.8, 4) is 5.75 Å². The lowest BCUT2D eigenvalue weighted by Crippen LogP contribution is -2.21. The number of hydrogen-bond donors (Lipinski definition) is 0. The van der Waals surface area contributed by atoms with Gasteiger partial charge in [-0.25, -0.2) is 13.8 Å². The van der Waals surface area contributed by atoms with Crippen molar-refractivity contribution in [1.82, 2.24) is 9.38 Å². The monoisotopic (exact) mass is 362 g/mol. The van der Waals surface area contributed by atoms with E-state index in [4.69, 9.17) is 9.47 Å². The number of ketones is 1. The number of aryl methyl sites for hydroxylation is 1. The van der Waals surface area contributed by atoms with Gasteiger partial charge in [-0.2, -0.15) is 0 Å². The molecular weight excluding hydrogens is 347 g/mol. The zero-order valence-corrected chi connectivity index (χ0v) is 14.4. The number of halogens is 1. The van der Waals surface area contributed by atoms with Crippen molar-refractivity contribution in [3.05, 3.63) is 62.8 Å². The maximum atomic E-state index is 12.9. The highest BCUT2D eigenvalue weighted by Gasteiger charge is 2.19. The van der Waals surface area contributed by atoms with Crippen LogP contribution < -0.4 is 10.3 Å². The molecule has 0 amide bonds. The summed E-state index contributed by atoms with van der Waals surface area (Å²) in [5.41, 5.74) is 0.373. The van der Waals surface area contributed by atoms with E-state index in [0.29, 0.717) is 27.0 Å². The normalized spacial score (nSPS) is 11.0. The molecule has 6 nitrogen and oxygen atoms in total. The van der Waals surface area contributed by atoms with Crippen molar-refractivity contribution in [2.75, 3.05) is 13.7 Å². The minimum absolute atomic E-state index is 0.0651. The molecule has 0 saturated heterocycles. The van der Waals surface area contributed by atoms with Gasteiger partial charge >= 0.3 is 0 Å². The Labute approximate surface area is 146 Å². The van der Waals surface area contributed by atoms with Crippen molar-refractivity contribution < 1.29 is 18.7 Å². The molecule has 3 rings (SSSR count). The number of carbonyl (C=O) groups is 1. The van der Waals surface area contributed by atoms with Crippen LogP contribution in [-0.2, 0) is 11.3 Å². The first-order chi connectivity index (χ1) is 12.0. The maximum Gasteiger partial charge on any atom is 0.259 e. The first-order valence-electron chi connectivity index (χ1n) is 7.42. The van der Waals surface area contributed by atoms with Crippen LogP contribution in [-0.4, -0.2) is 28.9 Å². The van der Waals surface area contributed by atoms with Gasteiger partial charge in [0.2, 0.25) is 5.78 Å². The van der Waals surface area contributed by atoms with Gasteiger partial charge in [-0.15, -0.1) is 11.3 Å². The molecule has 1 aromatic carbocycles. The number of thiazole rings is 1. The Morgan fingerprint density at radius 1 is 1.32 bits per heavy atom. The zero-order chi connectivity index (χ0) is 18.0. The van der Waals surface area contributed by atoms with Crippen molar-refractivity contribution >= 4 is 22.1 Å². The van der Waals surface area contributed by atoms with Crippen LogP contribution in [0.1, 0.15) is 21.1 Å². The molecule has 0 aliphatic rings. The smallest absolute Gasteiger partial charge is 0.259 e. The quantitative estimate of drug-likeness (QED) is 0.631. The minimum atomic E-state index is -0.355. The molecule has 0 spiro atoms. The summed E-state index contributed by atoms with van der Waals surface area (Å²) in [4.78, 5) is 30.1. The Hall–Kier alpha value is -2.58. The van der Waals surface area contributed by atoms with E-state index in [-0.39, 0.29) is 30.4 Å². The third-order valence-corrected chi connectivity index (χ3v) is 4.44. The lowest BCUT2D eigenvalue weighted by atomic mass is 10.2. The summed E-state index contributed by atoms with van der Waals surface area (Å²) in [6, 6.07) is 6.90. The third-order valence-electron chi connectivity index (χ3n) is 3.48. The topological polar surface area (TPSA) is 69.9 Å². The molecule has 0 fully saturated rings. The number of aromatic nitrogens is 2. The van der Waals surface area contributed by atoms with Crippen molar-refractivity contribution in [2.24, 2.45) is 0 Å². The zero-order valence-electron chi connectivity index (χ0n) is 13.6. The number of methoxy groups -OCH3 is 1. The molecule has 25 heavy (non-hydrogen) atoms. The fourth-order valence-electron chi connectivity index (χ4n) is 2.41. The van der Waals surface area contributed by atoms with Crippen molar-refractivity contribution in [2.45, 2.75) is 13.5 Å². The van der Waals surface area contributed by atoms with Crippen LogP contribution in [0.3, 0.4) is 0 Å². The van der Waals surface area contributed by atoms with E-state index in [0.717, 1.165) is 0 Å². The minimum Gasteiger partial charge on any atom is -0.487 e. The molecule has 0 unspecified atom stereocenters. The Balaban J connectivity index is 1.90. The van der Waals surface area contributed by atoms with E-state index in [1.807, 2.05) is 0 Å². The maximum absolute atomic E-state index is 12.9. The molecule has 0 radical (unpaired) electrons. The summed E-state index contributed by atoms with van der Waals surface area (Å²) in [6.07, 6.45) is 0. The molecule has 8 heteroatoms. The SMILES string of the molecule is COCC(=O)c1c(C)sc2nc(COc3ccc(F)cc3)cc(=O)n12. The van der Waals surface area contributed by atoms with E-state index in [9.17, 15) is 14.0 Å². The van der Waals surface area contributed by atoms with Gasteiger partial charge in [0, 0.05) is 18.1 Å². The van der Waals surface area contributed by atoms with Crippen LogP contribution in [0.15, 0.2) is 35.1 Å². The summed E-state index contributed by atoms with van der Waals surface area (Å²) >= 11 is 1.26. The number of ether oxygens (including phenoxy) is 2. The first-order valence-corrected chi connectivity index (χ1v) is 8.24. The van der Waals surface area contributed by atoms with Crippen molar-refractivity contribution in [3.63, 3.8) is 0 Å². The molecule has 3 aromatic rings. The predicted molar refractivity (Wildman–Crippen MR) is 91.0 cm³/mol. The Bertz CT molecular complexity index is 979. The molecule has 2 heterocycles. The molecule has 0 N–H and O–H groups in total. The number of hydrogen-bond acceptors (Lipinski definition) is 6. The predicted octanol–water partition coefficient (Wildman–Crippen LogP) is 2.61. The van der Waals surface area contributed by atoms with Crippen molar-refractivity contribution in [1.29, 1.82) is 0 Å². The van der Waals surface area contributed by atoms with E-state index < -0.39 is 0 Å². The number of benzene rings is 1. The lowest BCUT2D eigenvalue weighted by molar-refractivity contribution is 0.0841. The van der Waals surface area contributed by atoms with Crippen LogP contribution in [0.4, 0.5) is 4.39 Å². The highest BCUT2D eigenvalue weighted by Crippen LogP contribution is 2.21. The second-order valence-electron chi connectivity index (χ2n) is 5.31. The highest BCUT2D eigenvalue weighted by molar-refractivity contribution is 7.17. The Kier molecular flexibility index (Phi) is 4.91. The second-order valence-corrected chi connectivity index (χ2v) is 6.49. The number of Topliss-reactive ketones (excluding diaryl/α,β-unsaturated/α-hetero) is 1. The van der Waals surface area contributed by atoms with Gasteiger partial charge in [0.1, 0.15) is 30.5 Å². The number of rotatable bonds is 6. The van der Waals surface area contributed by atoms with Gasteiger partial charge in [0.05, 0.1) is 5.69 Å². The highest BCUT2D eigenvalue weighted by atomic mass is 32.1. The molecule has 0 bridgehead atoms. The summed E-state index contributed by atoms with van der Waals surface area (Å²) in [5, 5.41) is 0. The average molecular weight is 362 g/mol. The molecule has 2 aromatic heterocycles. The fraction of sp³-hybridized carbons (Fsp3) is 0.235. The second kappa shape index (κ2) is 7.12. The van der Waals surface area contributed by atoms with Gasteiger partial charge in [-0.1, -0.05) is 0 Å². The summed E-state index contributed by atoms with van der Waals surface area (Å²) < 4.78 is 24.6. The fourth-order valence-corrected chi connectivity index (χ4v) is 3.42. The van der Waals surface area contributed by atoms with Crippen LogP contribution in [0.2, 0.25) is 0 Å². The van der Waals surface area contributed by atoms with E-state index in [2.05, 4.69) is 4.98 Å². The van der Waals surface area contributed by atoms with E-state index in [1.54, 1.807) is 6.92 Å². The molecule has 0 atom stereocenters. The standard InChI is InChI=1S/C17H15FN2O4S/c1-10-16(14(21)9-23-2)20-15(22)7-12(19-17(20)25-10)8-24-13-5-3-11(18)4-6-13/h3-7H,8-9H2,1-2H3. The summed E-state index contributed by atoms with van der Waals surface area (Å²) in [5.74, 6) is -0.153. The van der Waals surface area contributed by atoms with E-state index >= 15 is 0 Å². The summed E-state index contributed by atoms with van der Waals surface area (Å²) in [7, 11) is 1.42. The van der Waals surface area contributed by atoms with Crippen LogP contribution in [0, 0.1) is 12.7 Å². The largest absolute Gasteiger partial charge is 0.487 e. The lowest BCUT2D eigenvalue weighted by Gasteiger charge is -2.06. The molecule has 130 valence electrons. The first kappa shape index (κ1) is 17.2. The van der Waals surface area contributed by atoms with Gasteiger partial charge in [0.15, 0.2) is 4.96 Å². The molecule has 0 saturated carbocycles. The molecule has 0 aliphatic heterocycles. The molecular formula is C17H15FN2O4S. The average Bonchev–Trinajstić information content (AvgIpc) is 2.91. The number of fused-ring (bicyclic) bond motifs is 1.